The molecule has 2 saturated heterocycles. The SMILES string of the molecule is Cl.N#CCC1(n2cc(-c3ncnc4[nH]ccc34)cn2)CN(C2CCN(C(=O)c3ccnc(C(F)(F)F)c3F)CC2)C1. The van der Waals surface area contributed by atoms with Crippen LogP contribution in [0.5, 0.6) is 0 Å². The van der Waals surface area contributed by atoms with E-state index in [-0.39, 0.29) is 38.0 Å². The molecule has 0 saturated carbocycles. The second kappa shape index (κ2) is 10.7. The average molecular weight is 590 g/mol. The molecular formula is C26H24ClF4N9O. The number of likely N-dealkylation sites (tertiary alicyclic amines) is 2. The summed E-state index contributed by atoms with van der Waals surface area (Å²) in [7, 11) is 0. The number of carbonyl (C=O) groups excluding carboxylic acids is 1. The van der Waals surface area contributed by atoms with Crippen molar-refractivity contribution in [3.8, 4) is 17.3 Å². The zero-order chi connectivity index (χ0) is 28.1. The Morgan fingerprint density at radius 2 is 1.93 bits per heavy atom. The summed E-state index contributed by atoms with van der Waals surface area (Å²) in [5.74, 6) is -2.43. The summed E-state index contributed by atoms with van der Waals surface area (Å²) >= 11 is 0. The number of amides is 1. The number of fused-ring (bicyclic) bond motifs is 1. The van der Waals surface area contributed by atoms with Gasteiger partial charge in [0.15, 0.2) is 11.5 Å². The third-order valence-corrected chi connectivity index (χ3v) is 7.76. The van der Waals surface area contributed by atoms with Crippen LogP contribution in [0, 0.1) is 17.1 Å². The largest absolute Gasteiger partial charge is 0.436 e. The van der Waals surface area contributed by atoms with Gasteiger partial charge in [0.25, 0.3) is 5.91 Å². The van der Waals surface area contributed by atoms with Gasteiger partial charge in [0, 0.05) is 61.8 Å². The van der Waals surface area contributed by atoms with E-state index in [0.717, 1.165) is 34.6 Å². The Hall–Kier alpha value is -4.09. The van der Waals surface area contributed by atoms with Crippen molar-refractivity contribution in [3.05, 3.63) is 60.3 Å². The fraction of sp³-hybridized carbons (Fsp3) is 0.385. The summed E-state index contributed by atoms with van der Waals surface area (Å²) in [6.07, 6.45) is 4.11. The van der Waals surface area contributed by atoms with Gasteiger partial charge in [-0.15, -0.1) is 12.4 Å². The highest BCUT2D eigenvalue weighted by Crippen LogP contribution is 2.37. The molecule has 2 aliphatic rings. The Labute approximate surface area is 237 Å². The molecule has 0 unspecified atom stereocenters. The first-order chi connectivity index (χ1) is 19.2. The maximum Gasteiger partial charge on any atom is 0.436 e. The molecule has 4 aromatic rings. The van der Waals surface area contributed by atoms with Crippen molar-refractivity contribution in [1.29, 1.82) is 5.26 Å². The maximum absolute atomic E-state index is 14.5. The number of nitrogens with one attached hydrogen (secondary N) is 1. The first kappa shape index (κ1) is 28.4. The maximum atomic E-state index is 14.5. The van der Waals surface area contributed by atoms with Crippen molar-refractivity contribution >= 4 is 29.3 Å². The number of hydrogen-bond donors (Lipinski definition) is 1. The molecule has 0 aliphatic carbocycles. The van der Waals surface area contributed by atoms with Gasteiger partial charge < -0.3 is 9.88 Å². The van der Waals surface area contributed by atoms with Crippen LogP contribution < -0.4 is 0 Å². The van der Waals surface area contributed by atoms with Crippen molar-refractivity contribution < 1.29 is 22.4 Å². The second-order valence-electron chi connectivity index (χ2n) is 10.1. The predicted octanol–water partition coefficient (Wildman–Crippen LogP) is 4.03. The highest BCUT2D eigenvalue weighted by molar-refractivity contribution is 5.94. The van der Waals surface area contributed by atoms with Crippen molar-refractivity contribution in [2.45, 2.75) is 37.0 Å². The standard InChI is InChI=1S/C26H23F4N9O.ClH/c27-20-18(1-7-32-22(20)26(28,29)30)24(40)37-9-3-17(4-10-37)38-13-25(14-38,5-6-31)39-12-16(11-36-39)21-19-2-8-33-23(19)35-15-34-21;/h1-2,7-8,11-12,15,17H,3-5,9-10,13-14H2,(H,33,34,35);1H. The zero-order valence-corrected chi connectivity index (χ0v) is 22.3. The molecule has 0 bridgehead atoms. The molecule has 2 fully saturated rings. The molecule has 10 nitrogen and oxygen atoms in total. The first-order valence-corrected chi connectivity index (χ1v) is 12.7. The van der Waals surface area contributed by atoms with Crippen molar-refractivity contribution in [3.63, 3.8) is 0 Å². The van der Waals surface area contributed by atoms with Crippen LogP contribution in [0.15, 0.2) is 43.2 Å². The van der Waals surface area contributed by atoms with Crippen LogP contribution in [-0.2, 0) is 11.7 Å². The number of halogens is 5. The van der Waals surface area contributed by atoms with E-state index in [1.807, 2.05) is 16.9 Å². The van der Waals surface area contributed by atoms with Gasteiger partial charge in [0.1, 0.15) is 17.5 Å². The summed E-state index contributed by atoms with van der Waals surface area (Å²) in [5.41, 5.74) is -0.568. The Morgan fingerprint density at radius 3 is 2.63 bits per heavy atom. The number of piperidine rings is 1. The Balaban J connectivity index is 0.00000337. The van der Waals surface area contributed by atoms with E-state index in [4.69, 9.17) is 0 Å². The quantitative estimate of drug-likeness (QED) is 0.349. The molecule has 0 atom stereocenters. The molecule has 1 N–H and O–H groups in total. The molecule has 0 radical (unpaired) electrons. The van der Waals surface area contributed by atoms with Crippen LogP contribution in [0.4, 0.5) is 17.6 Å². The topological polar surface area (TPSA) is 120 Å². The van der Waals surface area contributed by atoms with Gasteiger partial charge in [-0.1, -0.05) is 0 Å². The van der Waals surface area contributed by atoms with E-state index >= 15 is 0 Å². The minimum atomic E-state index is -4.99. The Morgan fingerprint density at radius 1 is 1.17 bits per heavy atom. The Kier molecular flexibility index (Phi) is 7.43. The second-order valence-corrected chi connectivity index (χ2v) is 10.1. The van der Waals surface area contributed by atoms with E-state index in [9.17, 15) is 27.6 Å². The fourth-order valence-electron chi connectivity index (χ4n) is 5.67. The van der Waals surface area contributed by atoms with E-state index < -0.39 is 34.7 Å². The normalized spacial score (nSPS) is 17.6. The van der Waals surface area contributed by atoms with Gasteiger partial charge >= 0.3 is 6.18 Å². The summed E-state index contributed by atoms with van der Waals surface area (Å²) in [5, 5.41) is 15.0. The number of nitriles is 1. The lowest BCUT2D eigenvalue weighted by Crippen LogP contribution is -2.66. The lowest BCUT2D eigenvalue weighted by atomic mass is 9.83. The molecule has 6 rings (SSSR count). The number of nitrogens with zero attached hydrogens (tertiary/aromatic N) is 8. The van der Waals surface area contributed by atoms with Crippen LogP contribution in [0.25, 0.3) is 22.3 Å². The highest BCUT2D eigenvalue weighted by Gasteiger charge is 2.48. The summed E-state index contributed by atoms with van der Waals surface area (Å²) in [4.78, 5) is 31.2. The van der Waals surface area contributed by atoms with Crippen LogP contribution in [0.3, 0.4) is 0 Å². The lowest BCUT2D eigenvalue weighted by Gasteiger charge is -2.53. The van der Waals surface area contributed by atoms with Crippen LogP contribution in [0.2, 0.25) is 0 Å². The number of rotatable bonds is 5. The average Bonchev–Trinajstić information content (AvgIpc) is 3.60. The van der Waals surface area contributed by atoms with E-state index in [1.54, 1.807) is 12.4 Å². The lowest BCUT2D eigenvalue weighted by molar-refractivity contribution is -0.143. The summed E-state index contributed by atoms with van der Waals surface area (Å²) < 4.78 is 55.4. The molecule has 15 heteroatoms. The fourth-order valence-corrected chi connectivity index (χ4v) is 5.67. The van der Waals surface area contributed by atoms with E-state index in [1.165, 1.54) is 11.2 Å². The van der Waals surface area contributed by atoms with Gasteiger partial charge in [-0.05, 0) is 25.0 Å². The number of aromatic amines is 1. The summed E-state index contributed by atoms with van der Waals surface area (Å²) in [6.45, 7) is 1.72. The van der Waals surface area contributed by atoms with Gasteiger partial charge in [-0.3, -0.25) is 14.4 Å². The minimum Gasteiger partial charge on any atom is -0.346 e. The molecule has 1 amide bonds. The summed E-state index contributed by atoms with van der Waals surface area (Å²) in [6, 6.07) is 5.26. The third kappa shape index (κ3) is 5.00. The zero-order valence-electron chi connectivity index (χ0n) is 21.5. The van der Waals surface area contributed by atoms with Gasteiger partial charge in [-0.25, -0.2) is 19.3 Å². The van der Waals surface area contributed by atoms with Crippen molar-refractivity contribution in [2.75, 3.05) is 26.2 Å². The van der Waals surface area contributed by atoms with Crippen LogP contribution in [-0.4, -0.2) is 77.6 Å². The van der Waals surface area contributed by atoms with Crippen LogP contribution in [0.1, 0.15) is 35.3 Å². The van der Waals surface area contributed by atoms with Crippen molar-refractivity contribution in [2.24, 2.45) is 0 Å². The van der Waals surface area contributed by atoms with Gasteiger partial charge in [0.05, 0.1) is 29.9 Å². The molecule has 0 aromatic carbocycles. The number of carbonyl (C=O) groups is 1. The third-order valence-electron chi connectivity index (χ3n) is 7.76. The minimum absolute atomic E-state index is 0. The van der Waals surface area contributed by atoms with Crippen LogP contribution >= 0.6 is 12.4 Å². The molecular weight excluding hydrogens is 566 g/mol. The molecule has 2 aliphatic heterocycles. The highest BCUT2D eigenvalue weighted by atomic mass is 35.5. The van der Waals surface area contributed by atoms with Gasteiger partial charge in [0.2, 0.25) is 0 Å². The number of aromatic nitrogens is 6. The number of H-pyrrole nitrogens is 1. The van der Waals surface area contributed by atoms with E-state index in [2.05, 4.69) is 36.0 Å². The number of pyridine rings is 1. The molecule has 41 heavy (non-hydrogen) atoms. The first-order valence-electron chi connectivity index (χ1n) is 12.7. The number of hydrogen-bond acceptors (Lipinski definition) is 7. The number of alkyl halides is 3. The van der Waals surface area contributed by atoms with Crippen molar-refractivity contribution in [1.82, 2.24) is 39.5 Å². The molecule has 6 heterocycles. The molecule has 4 aromatic heterocycles. The van der Waals surface area contributed by atoms with Gasteiger partial charge in [-0.2, -0.15) is 23.5 Å². The van der Waals surface area contributed by atoms with E-state index in [0.29, 0.717) is 25.9 Å². The predicted molar refractivity (Wildman–Crippen MR) is 140 cm³/mol. The Bertz CT molecular complexity index is 1610. The molecule has 0 spiro atoms. The smallest absolute Gasteiger partial charge is 0.346 e. The monoisotopic (exact) mass is 589 g/mol. The molecule has 214 valence electrons.